The first-order valence-electron chi connectivity index (χ1n) is 11.7. The molecule has 0 spiro atoms. The summed E-state index contributed by atoms with van der Waals surface area (Å²) in [5.74, 6) is 0.882. The molecule has 1 amide bonds. The van der Waals surface area contributed by atoms with Gasteiger partial charge in [0.15, 0.2) is 0 Å². The molecule has 3 heterocycles. The average molecular weight is 475 g/mol. The second-order valence-corrected chi connectivity index (χ2v) is 11.3. The summed E-state index contributed by atoms with van der Waals surface area (Å²) in [6, 6.07) is 11.8. The van der Waals surface area contributed by atoms with Crippen LogP contribution in [-0.4, -0.2) is 37.8 Å². The maximum Gasteiger partial charge on any atom is 0.276 e. The molecule has 2 aliphatic heterocycles. The van der Waals surface area contributed by atoms with Crippen molar-refractivity contribution in [2.75, 3.05) is 13.1 Å². The molecular weight excluding hydrogens is 440 g/mol. The van der Waals surface area contributed by atoms with Crippen LogP contribution in [0.15, 0.2) is 45.9 Å². The van der Waals surface area contributed by atoms with Crippen LogP contribution in [0, 0.1) is 5.92 Å². The molecule has 2 fully saturated rings. The maximum absolute atomic E-state index is 13.0. The van der Waals surface area contributed by atoms with Gasteiger partial charge in [0.1, 0.15) is 5.76 Å². The van der Waals surface area contributed by atoms with Crippen molar-refractivity contribution in [3.63, 3.8) is 0 Å². The molecule has 2 aromatic rings. The van der Waals surface area contributed by atoms with Gasteiger partial charge in [0.25, 0.3) is 10.0 Å². The Morgan fingerprint density at radius 2 is 1.82 bits per heavy atom. The molecule has 2 aliphatic rings. The van der Waals surface area contributed by atoms with Crippen molar-refractivity contribution in [2.45, 2.75) is 69.7 Å². The normalized spacial score (nSPS) is 22.7. The minimum Gasteiger partial charge on any atom is -0.447 e. The fourth-order valence-electron chi connectivity index (χ4n) is 4.40. The fraction of sp³-hybridized carbons (Fsp3) is 0.542. The van der Waals surface area contributed by atoms with Crippen LogP contribution in [0.1, 0.15) is 68.9 Å². The highest BCUT2D eigenvalue weighted by Gasteiger charge is 2.34. The molecule has 180 valence electrons. The summed E-state index contributed by atoms with van der Waals surface area (Å²) in [7, 11) is -3.71. The van der Waals surface area contributed by atoms with Crippen molar-refractivity contribution in [1.82, 2.24) is 20.5 Å². The lowest BCUT2D eigenvalue weighted by atomic mass is 9.97. The Morgan fingerprint density at radius 1 is 1.12 bits per heavy atom. The second-order valence-electron chi connectivity index (χ2n) is 9.43. The van der Waals surface area contributed by atoms with E-state index in [9.17, 15) is 13.2 Å². The molecular formula is C24H34N4O4S. The summed E-state index contributed by atoms with van der Waals surface area (Å²) in [5, 5.41) is 2.97. The van der Waals surface area contributed by atoms with E-state index < -0.39 is 10.0 Å². The van der Waals surface area contributed by atoms with E-state index >= 15 is 0 Å². The van der Waals surface area contributed by atoms with E-state index in [1.54, 1.807) is 6.07 Å². The molecule has 3 N–H and O–H groups in total. The lowest BCUT2D eigenvalue weighted by Crippen LogP contribution is -2.42. The molecule has 2 atom stereocenters. The molecule has 0 bridgehead atoms. The van der Waals surface area contributed by atoms with Crippen LogP contribution in [0.5, 0.6) is 0 Å². The molecule has 0 saturated carbocycles. The number of hydrogen-bond donors (Lipinski definition) is 3. The zero-order chi connectivity index (χ0) is 23.6. The highest BCUT2D eigenvalue weighted by atomic mass is 32.2. The predicted molar refractivity (Wildman–Crippen MR) is 126 cm³/mol. The Morgan fingerprint density at radius 3 is 2.42 bits per heavy atom. The van der Waals surface area contributed by atoms with Crippen LogP contribution in [0.2, 0.25) is 0 Å². The Balaban J connectivity index is 1.29. The number of piperidine rings is 1. The Hall–Kier alpha value is -2.20. The number of carbonyl (C=O) groups excluding carboxylic acids is 1. The summed E-state index contributed by atoms with van der Waals surface area (Å²) < 4.78 is 33.2. The summed E-state index contributed by atoms with van der Waals surface area (Å²) in [5.41, 5.74) is 8.56. The number of hydrogen-bond acceptors (Lipinski definition) is 6. The summed E-state index contributed by atoms with van der Waals surface area (Å²) in [6.07, 6.45) is 1.82. The Bertz CT molecular complexity index is 1060. The van der Waals surface area contributed by atoms with Gasteiger partial charge in [0.2, 0.25) is 11.0 Å². The van der Waals surface area contributed by atoms with E-state index in [0.29, 0.717) is 50.2 Å². The summed E-state index contributed by atoms with van der Waals surface area (Å²) in [4.78, 5) is 12.6. The van der Waals surface area contributed by atoms with Gasteiger partial charge in [-0.15, -0.1) is 0 Å². The summed E-state index contributed by atoms with van der Waals surface area (Å²) in [6.45, 7) is 7.45. The number of nitrogens with one attached hydrogen (secondary N) is 3. The number of carbonyl (C=O) groups is 1. The molecule has 0 aliphatic carbocycles. The highest BCUT2D eigenvalue weighted by molar-refractivity contribution is 7.89. The van der Waals surface area contributed by atoms with E-state index in [-0.39, 0.29) is 23.0 Å². The van der Waals surface area contributed by atoms with E-state index in [2.05, 4.69) is 49.1 Å². The number of furan rings is 1. The SMILES string of the molecule is CC1CC(c2ccc(S(=O)(=O)N3CCC(C(=O)NCc4ccc(C(C)C)cc4)CC3)o2)NN1. The van der Waals surface area contributed by atoms with E-state index in [4.69, 9.17) is 4.42 Å². The third kappa shape index (κ3) is 5.48. The van der Waals surface area contributed by atoms with Crippen LogP contribution in [0.25, 0.3) is 0 Å². The first-order valence-corrected chi connectivity index (χ1v) is 13.2. The molecule has 1 aromatic carbocycles. The minimum atomic E-state index is -3.71. The zero-order valence-corrected chi connectivity index (χ0v) is 20.3. The van der Waals surface area contributed by atoms with E-state index in [1.165, 1.54) is 15.9 Å². The molecule has 8 nitrogen and oxygen atoms in total. The lowest BCUT2D eigenvalue weighted by Gasteiger charge is -2.29. The molecule has 1 aromatic heterocycles. The van der Waals surface area contributed by atoms with Crippen molar-refractivity contribution in [2.24, 2.45) is 5.92 Å². The Kier molecular flexibility index (Phi) is 7.23. The quantitative estimate of drug-likeness (QED) is 0.570. The topological polar surface area (TPSA) is 104 Å². The largest absolute Gasteiger partial charge is 0.447 e. The molecule has 0 radical (unpaired) electrons. The molecule has 9 heteroatoms. The maximum atomic E-state index is 13.0. The van der Waals surface area contributed by atoms with Crippen LogP contribution in [0.3, 0.4) is 0 Å². The first kappa shape index (κ1) is 23.9. The van der Waals surface area contributed by atoms with Crippen molar-refractivity contribution >= 4 is 15.9 Å². The van der Waals surface area contributed by atoms with Crippen molar-refractivity contribution in [1.29, 1.82) is 0 Å². The average Bonchev–Trinajstić information content (AvgIpc) is 3.47. The zero-order valence-electron chi connectivity index (χ0n) is 19.5. The number of amides is 1. The fourth-order valence-corrected chi connectivity index (χ4v) is 5.79. The van der Waals surface area contributed by atoms with Crippen LogP contribution in [-0.2, 0) is 21.4 Å². The monoisotopic (exact) mass is 474 g/mol. The van der Waals surface area contributed by atoms with Crippen molar-refractivity contribution < 1.29 is 17.6 Å². The van der Waals surface area contributed by atoms with Gasteiger partial charge in [-0.25, -0.2) is 13.8 Å². The summed E-state index contributed by atoms with van der Waals surface area (Å²) >= 11 is 0. The standard InChI is InChI=1S/C24H34N4O4S/c1-16(2)19-6-4-18(5-7-19)15-25-24(29)20-10-12-28(13-11-20)33(30,31)23-9-8-22(32-23)21-14-17(3)26-27-21/h4-9,16-17,20-21,26-27H,10-15H2,1-3H3,(H,25,29). The van der Waals surface area contributed by atoms with E-state index in [1.807, 2.05) is 12.1 Å². The smallest absolute Gasteiger partial charge is 0.276 e. The van der Waals surface area contributed by atoms with Crippen LogP contribution in [0.4, 0.5) is 0 Å². The van der Waals surface area contributed by atoms with Crippen molar-refractivity contribution in [3.05, 3.63) is 53.3 Å². The van der Waals surface area contributed by atoms with Crippen molar-refractivity contribution in [3.8, 4) is 0 Å². The van der Waals surface area contributed by atoms with Crippen LogP contribution >= 0.6 is 0 Å². The van der Waals surface area contributed by atoms with E-state index in [0.717, 1.165) is 12.0 Å². The second kappa shape index (κ2) is 9.97. The number of benzene rings is 1. The molecule has 2 saturated heterocycles. The van der Waals surface area contributed by atoms with Gasteiger partial charge < -0.3 is 9.73 Å². The Labute approximate surface area is 196 Å². The number of sulfonamides is 1. The third-order valence-electron chi connectivity index (χ3n) is 6.57. The highest BCUT2D eigenvalue weighted by Crippen LogP contribution is 2.29. The van der Waals surface area contributed by atoms with Crippen LogP contribution < -0.4 is 16.2 Å². The van der Waals surface area contributed by atoms with Gasteiger partial charge >= 0.3 is 0 Å². The van der Waals surface area contributed by atoms with Gasteiger partial charge in [0, 0.05) is 31.6 Å². The minimum absolute atomic E-state index is 0.0193. The lowest BCUT2D eigenvalue weighted by molar-refractivity contribution is -0.126. The molecule has 33 heavy (non-hydrogen) atoms. The van der Waals surface area contributed by atoms with Gasteiger partial charge in [0.05, 0.1) is 6.04 Å². The molecule has 4 rings (SSSR count). The number of nitrogens with zero attached hydrogens (tertiary/aromatic N) is 1. The number of rotatable bonds is 7. The van der Waals surface area contributed by atoms with Gasteiger partial charge in [-0.3, -0.25) is 10.2 Å². The van der Waals surface area contributed by atoms with Gasteiger partial charge in [-0.2, -0.15) is 4.31 Å². The number of hydrazine groups is 1. The third-order valence-corrected chi connectivity index (χ3v) is 8.34. The first-order chi connectivity index (χ1) is 15.7. The molecule has 2 unspecified atom stereocenters. The predicted octanol–water partition coefficient (Wildman–Crippen LogP) is 3.05. The van der Waals surface area contributed by atoms with Gasteiger partial charge in [-0.1, -0.05) is 38.1 Å². The van der Waals surface area contributed by atoms with Gasteiger partial charge in [-0.05, 0) is 55.4 Å².